The van der Waals surface area contributed by atoms with Crippen molar-refractivity contribution in [1.82, 2.24) is 9.78 Å². The van der Waals surface area contributed by atoms with E-state index in [9.17, 15) is 0 Å². The van der Waals surface area contributed by atoms with Gasteiger partial charge in [0.2, 0.25) is 0 Å². The van der Waals surface area contributed by atoms with Crippen LogP contribution in [0, 0.1) is 0 Å². The number of hydrogen-bond acceptors (Lipinski definition) is 2. The lowest BCUT2D eigenvalue weighted by atomic mass is 10.2. The molecule has 1 aromatic heterocycles. The van der Waals surface area contributed by atoms with Crippen molar-refractivity contribution in [1.29, 1.82) is 0 Å². The van der Waals surface area contributed by atoms with Gasteiger partial charge in [-0.1, -0.05) is 72.3 Å². The van der Waals surface area contributed by atoms with Crippen molar-refractivity contribution in [2.24, 2.45) is 0 Å². The quantitative estimate of drug-likeness (QED) is 0.707. The molecule has 3 aromatic rings. The normalized spacial score (nSPS) is 10.5. The maximum absolute atomic E-state index is 6.32. The summed E-state index contributed by atoms with van der Waals surface area (Å²) in [5, 5.41) is 4.81. The third-order valence-corrected chi connectivity index (χ3v) is 3.54. The van der Waals surface area contributed by atoms with E-state index >= 15 is 0 Å². The average molecular weight is 299 g/mol. The fraction of sp³-hybridized carbons (Fsp3) is 0.118. The zero-order valence-electron chi connectivity index (χ0n) is 11.4. The minimum Gasteiger partial charge on any atom is -0.484 e. The second-order valence-electron chi connectivity index (χ2n) is 4.72. The standard InChI is InChI=1S/C17H15ClN2O/c18-17-16(21-13-15-9-5-2-6-10-15)11-19-20(17)12-14-7-3-1-4-8-14/h1-11H,12-13H2. The molecule has 0 spiro atoms. The van der Waals surface area contributed by atoms with Crippen molar-refractivity contribution in [3.05, 3.63) is 83.1 Å². The SMILES string of the molecule is Clc1c(OCc2ccccc2)cnn1Cc1ccccc1. The van der Waals surface area contributed by atoms with E-state index in [4.69, 9.17) is 16.3 Å². The third-order valence-electron chi connectivity index (χ3n) is 3.16. The van der Waals surface area contributed by atoms with Crippen LogP contribution in [0.1, 0.15) is 11.1 Å². The van der Waals surface area contributed by atoms with Gasteiger partial charge >= 0.3 is 0 Å². The molecule has 0 unspecified atom stereocenters. The lowest BCUT2D eigenvalue weighted by molar-refractivity contribution is 0.306. The van der Waals surface area contributed by atoms with Crippen LogP contribution >= 0.6 is 11.6 Å². The van der Waals surface area contributed by atoms with Crippen LogP contribution in [0.2, 0.25) is 5.15 Å². The minimum atomic E-state index is 0.484. The Morgan fingerprint density at radius 1 is 0.905 bits per heavy atom. The van der Waals surface area contributed by atoms with Gasteiger partial charge in [0.15, 0.2) is 10.9 Å². The Bertz CT molecular complexity index is 695. The molecule has 3 nitrogen and oxygen atoms in total. The van der Waals surface area contributed by atoms with Crippen molar-refractivity contribution in [3.8, 4) is 5.75 Å². The zero-order valence-corrected chi connectivity index (χ0v) is 12.2. The van der Waals surface area contributed by atoms with Crippen molar-refractivity contribution in [2.45, 2.75) is 13.2 Å². The van der Waals surface area contributed by atoms with Crippen molar-refractivity contribution in [3.63, 3.8) is 0 Å². The minimum absolute atomic E-state index is 0.484. The first-order valence-electron chi connectivity index (χ1n) is 6.75. The predicted molar refractivity (Wildman–Crippen MR) is 83.6 cm³/mol. The summed E-state index contributed by atoms with van der Waals surface area (Å²) in [5.41, 5.74) is 2.25. The molecule has 0 fully saturated rings. The molecule has 0 amide bonds. The van der Waals surface area contributed by atoms with Crippen LogP contribution in [0.3, 0.4) is 0 Å². The van der Waals surface area contributed by atoms with E-state index in [1.54, 1.807) is 10.9 Å². The molecule has 2 aromatic carbocycles. The van der Waals surface area contributed by atoms with Gasteiger partial charge < -0.3 is 4.74 Å². The van der Waals surface area contributed by atoms with E-state index in [0.29, 0.717) is 24.1 Å². The highest BCUT2D eigenvalue weighted by atomic mass is 35.5. The lowest BCUT2D eigenvalue weighted by Gasteiger charge is -2.06. The highest BCUT2D eigenvalue weighted by molar-refractivity contribution is 6.31. The Hall–Kier alpha value is -2.26. The number of rotatable bonds is 5. The van der Waals surface area contributed by atoms with Crippen molar-refractivity contribution in [2.75, 3.05) is 0 Å². The highest BCUT2D eigenvalue weighted by Crippen LogP contribution is 2.25. The van der Waals surface area contributed by atoms with E-state index in [1.165, 1.54) is 0 Å². The molecule has 3 rings (SSSR count). The summed E-state index contributed by atoms with van der Waals surface area (Å²) in [7, 11) is 0. The number of nitrogens with zero attached hydrogens (tertiary/aromatic N) is 2. The lowest BCUT2D eigenvalue weighted by Crippen LogP contribution is -2.01. The fourth-order valence-corrected chi connectivity index (χ4v) is 2.26. The molecule has 21 heavy (non-hydrogen) atoms. The second kappa shape index (κ2) is 6.46. The Labute approximate surface area is 128 Å². The molecule has 0 N–H and O–H groups in total. The van der Waals surface area contributed by atoms with Crippen LogP contribution in [0.25, 0.3) is 0 Å². The fourth-order valence-electron chi connectivity index (χ4n) is 2.05. The summed E-state index contributed by atoms with van der Waals surface area (Å²) in [4.78, 5) is 0. The van der Waals surface area contributed by atoms with Gasteiger partial charge in [-0.05, 0) is 11.1 Å². The number of ether oxygens (including phenoxy) is 1. The summed E-state index contributed by atoms with van der Waals surface area (Å²) in [6, 6.07) is 20.1. The molecule has 4 heteroatoms. The van der Waals surface area contributed by atoms with E-state index in [-0.39, 0.29) is 0 Å². The summed E-state index contributed by atoms with van der Waals surface area (Å²) >= 11 is 6.32. The van der Waals surface area contributed by atoms with E-state index in [1.807, 2.05) is 60.7 Å². The molecule has 0 saturated carbocycles. The van der Waals surface area contributed by atoms with E-state index < -0.39 is 0 Å². The molecule has 0 atom stereocenters. The van der Waals surface area contributed by atoms with Gasteiger partial charge in [0.1, 0.15) is 6.61 Å². The largest absolute Gasteiger partial charge is 0.484 e. The summed E-state index contributed by atoms with van der Waals surface area (Å²) < 4.78 is 7.46. The molecule has 1 heterocycles. The monoisotopic (exact) mass is 298 g/mol. The van der Waals surface area contributed by atoms with Crippen LogP contribution in [-0.4, -0.2) is 9.78 Å². The predicted octanol–water partition coefficient (Wildman–Crippen LogP) is 4.16. The van der Waals surface area contributed by atoms with Gasteiger partial charge in [-0.15, -0.1) is 0 Å². The maximum Gasteiger partial charge on any atom is 0.176 e. The molecule has 0 aliphatic heterocycles. The first kappa shape index (κ1) is 13.7. The van der Waals surface area contributed by atoms with Crippen LogP contribution < -0.4 is 4.74 Å². The summed E-state index contributed by atoms with van der Waals surface area (Å²) in [6.07, 6.45) is 1.66. The van der Waals surface area contributed by atoms with E-state index in [0.717, 1.165) is 11.1 Å². The average Bonchev–Trinajstić information content (AvgIpc) is 2.88. The molecule has 0 saturated heterocycles. The molecule has 106 valence electrons. The number of aromatic nitrogens is 2. The van der Waals surface area contributed by atoms with Gasteiger partial charge in [0.05, 0.1) is 12.7 Å². The number of halogens is 1. The number of benzene rings is 2. The first-order valence-corrected chi connectivity index (χ1v) is 7.12. The molecule has 0 bridgehead atoms. The zero-order chi connectivity index (χ0) is 14.5. The van der Waals surface area contributed by atoms with Crippen LogP contribution in [0.15, 0.2) is 66.9 Å². The van der Waals surface area contributed by atoms with Crippen LogP contribution in [-0.2, 0) is 13.2 Å². The van der Waals surface area contributed by atoms with Gasteiger partial charge in [-0.2, -0.15) is 5.10 Å². The summed E-state index contributed by atoms with van der Waals surface area (Å²) in [5.74, 6) is 0.608. The number of hydrogen-bond donors (Lipinski definition) is 0. The Balaban J connectivity index is 1.68. The maximum atomic E-state index is 6.32. The van der Waals surface area contributed by atoms with E-state index in [2.05, 4.69) is 5.10 Å². The Morgan fingerprint density at radius 3 is 2.19 bits per heavy atom. The third kappa shape index (κ3) is 3.44. The summed E-state index contributed by atoms with van der Waals surface area (Å²) in [6.45, 7) is 1.12. The van der Waals surface area contributed by atoms with Crippen molar-refractivity contribution < 1.29 is 4.74 Å². The van der Waals surface area contributed by atoms with Gasteiger partial charge in [0, 0.05) is 0 Å². The Kier molecular flexibility index (Phi) is 4.22. The topological polar surface area (TPSA) is 27.1 Å². The molecule has 0 aliphatic carbocycles. The molecule has 0 aliphatic rings. The molecular weight excluding hydrogens is 284 g/mol. The van der Waals surface area contributed by atoms with Crippen molar-refractivity contribution >= 4 is 11.6 Å². The van der Waals surface area contributed by atoms with Crippen LogP contribution in [0.5, 0.6) is 5.75 Å². The molecule has 0 radical (unpaired) electrons. The van der Waals surface area contributed by atoms with Gasteiger partial charge in [-0.3, -0.25) is 0 Å². The van der Waals surface area contributed by atoms with Gasteiger partial charge in [0.25, 0.3) is 0 Å². The van der Waals surface area contributed by atoms with Crippen LogP contribution in [0.4, 0.5) is 0 Å². The smallest absolute Gasteiger partial charge is 0.176 e. The Morgan fingerprint density at radius 2 is 1.52 bits per heavy atom. The molecular formula is C17H15ClN2O. The first-order chi connectivity index (χ1) is 10.3. The van der Waals surface area contributed by atoms with Gasteiger partial charge in [-0.25, -0.2) is 4.68 Å². The second-order valence-corrected chi connectivity index (χ2v) is 5.08. The highest BCUT2D eigenvalue weighted by Gasteiger charge is 2.10.